The van der Waals surface area contributed by atoms with E-state index in [0.717, 1.165) is 28.1 Å². The molecule has 1 unspecified atom stereocenters. The van der Waals surface area contributed by atoms with Gasteiger partial charge in [-0.25, -0.2) is 4.79 Å². The molecule has 3 aromatic carbocycles. The molecule has 0 saturated carbocycles. The molecular formula is C26H30N2O3. The van der Waals surface area contributed by atoms with Gasteiger partial charge in [-0.1, -0.05) is 54.6 Å². The maximum absolute atomic E-state index is 12.6. The molecule has 162 valence electrons. The molecule has 0 aliphatic carbocycles. The summed E-state index contributed by atoms with van der Waals surface area (Å²) in [5, 5.41) is 0. The second-order valence-corrected chi connectivity index (χ2v) is 7.80. The van der Waals surface area contributed by atoms with Crippen LogP contribution in [0.1, 0.15) is 28.9 Å². The van der Waals surface area contributed by atoms with E-state index >= 15 is 0 Å². The second-order valence-electron chi connectivity index (χ2n) is 7.80. The summed E-state index contributed by atoms with van der Waals surface area (Å²) in [4.78, 5) is 16.7. The first kappa shape index (κ1) is 22.4. The van der Waals surface area contributed by atoms with E-state index in [9.17, 15) is 4.79 Å². The summed E-state index contributed by atoms with van der Waals surface area (Å²) in [6.07, 6.45) is -1.27. The minimum Gasteiger partial charge on any atom is -0.467 e. The lowest BCUT2D eigenvalue weighted by Crippen LogP contribution is -2.21. The largest absolute Gasteiger partial charge is 0.467 e. The van der Waals surface area contributed by atoms with Crippen LogP contribution in [0, 0.1) is 0 Å². The molecule has 0 radical (unpaired) electrons. The van der Waals surface area contributed by atoms with Crippen molar-refractivity contribution >= 4 is 17.3 Å². The number of nitrogens with zero attached hydrogens (tertiary/aromatic N) is 2. The van der Waals surface area contributed by atoms with Crippen LogP contribution in [0.2, 0.25) is 0 Å². The molecule has 1 atom stereocenters. The van der Waals surface area contributed by atoms with E-state index in [0.29, 0.717) is 0 Å². The van der Waals surface area contributed by atoms with Crippen molar-refractivity contribution in [2.45, 2.75) is 12.2 Å². The minimum atomic E-state index is -0.835. The number of ether oxygens (including phenoxy) is 2. The fraction of sp³-hybridized carbons (Fsp3) is 0.269. The van der Waals surface area contributed by atoms with Crippen LogP contribution in [-0.4, -0.2) is 41.3 Å². The quantitative estimate of drug-likeness (QED) is 0.490. The fourth-order valence-corrected chi connectivity index (χ4v) is 3.39. The van der Waals surface area contributed by atoms with Crippen molar-refractivity contribution in [3.63, 3.8) is 0 Å². The second kappa shape index (κ2) is 10.1. The van der Waals surface area contributed by atoms with E-state index in [4.69, 9.17) is 9.47 Å². The Morgan fingerprint density at radius 1 is 0.677 bits per heavy atom. The Labute approximate surface area is 184 Å². The van der Waals surface area contributed by atoms with Gasteiger partial charge >= 0.3 is 5.97 Å². The van der Waals surface area contributed by atoms with Gasteiger partial charge in [0.1, 0.15) is 6.10 Å². The molecule has 3 rings (SSSR count). The van der Waals surface area contributed by atoms with Gasteiger partial charge in [-0.05, 0) is 41.0 Å². The van der Waals surface area contributed by atoms with E-state index < -0.39 is 18.2 Å². The standard InChI is InChI=1S/C26H30N2O3/c1-27(2)22-15-11-20(12-16-22)24(21-13-17-23(18-14-21)28(3)4)31-25(26(29)30-5)19-9-7-6-8-10-19/h6-18,24-25H,1-5H3. The van der Waals surface area contributed by atoms with E-state index in [1.165, 1.54) is 7.11 Å². The van der Waals surface area contributed by atoms with Crippen LogP contribution >= 0.6 is 0 Å². The normalized spacial score (nSPS) is 11.8. The Balaban J connectivity index is 2.02. The van der Waals surface area contributed by atoms with Crippen molar-refractivity contribution in [3.05, 3.63) is 95.6 Å². The molecule has 0 aromatic heterocycles. The average Bonchev–Trinajstić information content (AvgIpc) is 2.80. The first-order valence-corrected chi connectivity index (χ1v) is 10.2. The molecule has 5 nitrogen and oxygen atoms in total. The predicted molar refractivity (Wildman–Crippen MR) is 126 cm³/mol. The Bertz CT molecular complexity index is 916. The van der Waals surface area contributed by atoms with Crippen LogP contribution in [-0.2, 0) is 14.3 Å². The highest BCUT2D eigenvalue weighted by Crippen LogP contribution is 2.34. The monoisotopic (exact) mass is 418 g/mol. The van der Waals surface area contributed by atoms with Gasteiger partial charge in [-0.15, -0.1) is 0 Å². The zero-order valence-corrected chi connectivity index (χ0v) is 18.8. The van der Waals surface area contributed by atoms with Crippen molar-refractivity contribution in [2.75, 3.05) is 45.1 Å². The molecule has 0 aliphatic rings. The van der Waals surface area contributed by atoms with Gasteiger partial charge in [0.25, 0.3) is 0 Å². The summed E-state index contributed by atoms with van der Waals surface area (Å²) in [6, 6.07) is 25.8. The fourth-order valence-electron chi connectivity index (χ4n) is 3.39. The predicted octanol–water partition coefficient (Wildman–Crippen LogP) is 4.84. The van der Waals surface area contributed by atoms with Gasteiger partial charge < -0.3 is 19.3 Å². The smallest absolute Gasteiger partial charge is 0.339 e. The van der Waals surface area contributed by atoms with Gasteiger partial charge in [0.2, 0.25) is 0 Å². The highest BCUT2D eigenvalue weighted by molar-refractivity contribution is 5.76. The first-order chi connectivity index (χ1) is 14.9. The number of methoxy groups -OCH3 is 1. The lowest BCUT2D eigenvalue weighted by molar-refractivity contribution is -0.157. The zero-order valence-electron chi connectivity index (χ0n) is 18.8. The van der Waals surface area contributed by atoms with Crippen LogP contribution in [0.3, 0.4) is 0 Å². The first-order valence-electron chi connectivity index (χ1n) is 10.2. The number of hydrogen-bond donors (Lipinski definition) is 0. The molecule has 3 aromatic rings. The van der Waals surface area contributed by atoms with E-state index in [-0.39, 0.29) is 0 Å². The Kier molecular flexibility index (Phi) is 7.32. The molecule has 0 saturated heterocycles. The summed E-state index contributed by atoms with van der Waals surface area (Å²) in [5.41, 5.74) is 4.88. The SMILES string of the molecule is COC(=O)C(OC(c1ccc(N(C)C)cc1)c1ccc(N(C)C)cc1)c1ccccc1. The van der Waals surface area contributed by atoms with Gasteiger partial charge in [-0.3, -0.25) is 0 Å². The summed E-state index contributed by atoms with van der Waals surface area (Å²) < 4.78 is 11.5. The van der Waals surface area contributed by atoms with Crippen LogP contribution in [0.15, 0.2) is 78.9 Å². The lowest BCUT2D eigenvalue weighted by atomic mass is 9.99. The number of carbonyl (C=O) groups excluding carboxylic acids is 1. The number of benzene rings is 3. The third kappa shape index (κ3) is 5.44. The molecule has 0 aliphatic heterocycles. The Morgan fingerprint density at radius 3 is 1.52 bits per heavy atom. The highest BCUT2D eigenvalue weighted by atomic mass is 16.6. The van der Waals surface area contributed by atoms with Crippen molar-refractivity contribution in [3.8, 4) is 0 Å². The number of hydrogen-bond acceptors (Lipinski definition) is 5. The number of carbonyl (C=O) groups is 1. The third-order valence-corrected chi connectivity index (χ3v) is 5.21. The number of esters is 1. The molecule has 5 heteroatoms. The van der Waals surface area contributed by atoms with Gasteiger partial charge in [0, 0.05) is 39.6 Å². The molecule has 0 fully saturated rings. The molecule has 0 spiro atoms. The van der Waals surface area contributed by atoms with Crippen LogP contribution < -0.4 is 9.80 Å². The number of anilines is 2. The van der Waals surface area contributed by atoms with Gasteiger partial charge in [0.15, 0.2) is 6.10 Å². The maximum atomic E-state index is 12.6. The van der Waals surface area contributed by atoms with Crippen LogP contribution in [0.25, 0.3) is 0 Å². The molecule has 0 bridgehead atoms. The highest BCUT2D eigenvalue weighted by Gasteiger charge is 2.28. The molecule has 0 heterocycles. The Morgan fingerprint density at radius 2 is 1.13 bits per heavy atom. The summed E-state index contributed by atoms with van der Waals surface area (Å²) in [6.45, 7) is 0. The van der Waals surface area contributed by atoms with Crippen LogP contribution in [0.4, 0.5) is 11.4 Å². The Hall–Kier alpha value is -3.31. The lowest BCUT2D eigenvalue weighted by Gasteiger charge is -2.25. The zero-order chi connectivity index (χ0) is 22.4. The van der Waals surface area contributed by atoms with E-state index in [1.807, 2.05) is 92.6 Å². The molecule has 31 heavy (non-hydrogen) atoms. The molecule has 0 N–H and O–H groups in total. The van der Waals surface area contributed by atoms with Crippen molar-refractivity contribution in [1.29, 1.82) is 0 Å². The maximum Gasteiger partial charge on any atom is 0.339 e. The van der Waals surface area contributed by atoms with E-state index in [2.05, 4.69) is 24.3 Å². The summed E-state index contributed by atoms with van der Waals surface area (Å²) in [5.74, 6) is -0.425. The topological polar surface area (TPSA) is 42.0 Å². The summed E-state index contributed by atoms with van der Waals surface area (Å²) in [7, 11) is 9.41. The molecule has 0 amide bonds. The minimum absolute atomic E-state index is 0.425. The van der Waals surface area contributed by atoms with Crippen LogP contribution in [0.5, 0.6) is 0 Å². The summed E-state index contributed by atoms with van der Waals surface area (Å²) >= 11 is 0. The molecular weight excluding hydrogens is 388 g/mol. The number of rotatable bonds is 8. The van der Waals surface area contributed by atoms with Crippen molar-refractivity contribution < 1.29 is 14.3 Å². The average molecular weight is 419 g/mol. The van der Waals surface area contributed by atoms with Crippen molar-refractivity contribution in [1.82, 2.24) is 0 Å². The van der Waals surface area contributed by atoms with Gasteiger partial charge in [-0.2, -0.15) is 0 Å². The van der Waals surface area contributed by atoms with Gasteiger partial charge in [0.05, 0.1) is 7.11 Å². The van der Waals surface area contributed by atoms with E-state index in [1.54, 1.807) is 0 Å². The van der Waals surface area contributed by atoms with Crippen molar-refractivity contribution in [2.24, 2.45) is 0 Å². The third-order valence-electron chi connectivity index (χ3n) is 5.21.